The molecule has 13 heavy (non-hydrogen) atoms. The van der Waals surface area contributed by atoms with E-state index < -0.39 is 5.97 Å². The molecular formula is C9H17KO3. The zero-order valence-corrected chi connectivity index (χ0v) is 11.9. The topological polar surface area (TPSA) is 54.4 Å². The molecule has 0 rings (SSSR count). The van der Waals surface area contributed by atoms with Crippen LogP contribution in [0.5, 0.6) is 0 Å². The molecule has 0 aromatic rings. The van der Waals surface area contributed by atoms with Gasteiger partial charge in [-0.05, 0) is 0 Å². The number of carboxylic acids is 1. The number of aliphatic carboxylic acids is 1. The van der Waals surface area contributed by atoms with Gasteiger partial charge in [0.15, 0.2) is 0 Å². The largest absolute Gasteiger partial charge is 1.00 e. The number of carbonyl (C=O) groups is 1. The van der Waals surface area contributed by atoms with Gasteiger partial charge in [-0.1, -0.05) is 33.1 Å². The van der Waals surface area contributed by atoms with Gasteiger partial charge in [-0.25, -0.2) is 0 Å². The molecule has 0 unspecified atom stereocenters. The summed E-state index contributed by atoms with van der Waals surface area (Å²) in [7, 11) is 0. The quantitative estimate of drug-likeness (QED) is 0.367. The molecule has 4 heteroatoms. The van der Waals surface area contributed by atoms with E-state index >= 15 is 0 Å². The Labute approximate surface area is 123 Å². The Bertz CT molecular complexity index is 115. The molecule has 72 valence electrons. The van der Waals surface area contributed by atoms with E-state index in [1.165, 1.54) is 6.42 Å². The summed E-state index contributed by atoms with van der Waals surface area (Å²) < 4.78 is 0. The number of carbonyl (C=O) groups excluding carboxylic acids is 1. The Balaban J connectivity index is -0.000000150. The first-order chi connectivity index (χ1) is 5.68. The van der Waals surface area contributed by atoms with E-state index in [9.17, 15) is 9.59 Å². The molecule has 0 fully saturated rings. The maximum atomic E-state index is 9.55. The molecule has 0 aliphatic heterocycles. The fourth-order valence-electron chi connectivity index (χ4n) is 0.447. The van der Waals surface area contributed by atoms with Crippen LogP contribution in [0.15, 0.2) is 0 Å². The minimum absolute atomic E-state index is 0. The van der Waals surface area contributed by atoms with Crippen LogP contribution in [0, 0.1) is 0 Å². The van der Waals surface area contributed by atoms with Crippen LogP contribution < -0.4 is 51.4 Å². The summed E-state index contributed by atoms with van der Waals surface area (Å²) in [6.07, 6.45) is 6.05. The Morgan fingerprint density at radius 3 is 2.00 bits per heavy atom. The van der Waals surface area contributed by atoms with Gasteiger partial charge in [0, 0.05) is 6.42 Å². The van der Waals surface area contributed by atoms with Crippen molar-refractivity contribution in [2.24, 2.45) is 0 Å². The Hall–Kier alpha value is 0.776. The summed E-state index contributed by atoms with van der Waals surface area (Å²) in [6, 6.07) is 0. The van der Waals surface area contributed by atoms with Crippen molar-refractivity contribution in [1.82, 2.24) is 0 Å². The molecule has 0 heterocycles. The molecule has 0 saturated heterocycles. The molecule has 0 aromatic carbocycles. The predicted molar refractivity (Wildman–Crippen MR) is 47.8 cm³/mol. The van der Waals surface area contributed by atoms with Gasteiger partial charge < -0.3 is 9.90 Å². The van der Waals surface area contributed by atoms with Crippen molar-refractivity contribution in [3.63, 3.8) is 0 Å². The van der Waals surface area contributed by atoms with Crippen LogP contribution in [0.4, 0.5) is 0 Å². The second-order valence-corrected chi connectivity index (χ2v) is 2.35. The van der Waals surface area contributed by atoms with E-state index in [0.29, 0.717) is 6.42 Å². The van der Waals surface area contributed by atoms with Gasteiger partial charge in [-0.15, -0.1) is 0 Å². The summed E-state index contributed by atoms with van der Waals surface area (Å²) in [5.74, 6) is -0.745. The molecule has 0 spiro atoms. The van der Waals surface area contributed by atoms with Gasteiger partial charge in [-0.3, -0.25) is 11.1 Å². The first-order valence-corrected chi connectivity index (χ1v) is 4.25. The fraction of sp³-hybridized carbons (Fsp3) is 0.778. The standard InChI is InChI=1S/C6H11O.C3H6O2.K/c1-2-3-4-5-6-7;1-2-3(4)5;/h2-5H2,1H3;2H2,1H3,(H,4,5);/q-1;;+1. The monoisotopic (exact) mass is 212 g/mol. The van der Waals surface area contributed by atoms with Crippen molar-refractivity contribution in [3.05, 3.63) is 0 Å². The SMILES string of the molecule is CCC(=O)O.CCCCC[C-]=O.[K+]. The van der Waals surface area contributed by atoms with E-state index in [1.54, 1.807) is 6.92 Å². The molecule has 0 aromatic heterocycles. The van der Waals surface area contributed by atoms with Gasteiger partial charge in [0.1, 0.15) is 0 Å². The van der Waals surface area contributed by atoms with E-state index in [2.05, 4.69) is 6.92 Å². The Morgan fingerprint density at radius 1 is 1.31 bits per heavy atom. The maximum absolute atomic E-state index is 9.55. The zero-order chi connectivity index (χ0) is 9.82. The molecular weight excluding hydrogens is 195 g/mol. The molecule has 0 bridgehead atoms. The van der Waals surface area contributed by atoms with Crippen molar-refractivity contribution in [2.75, 3.05) is 0 Å². The Morgan fingerprint density at radius 2 is 1.77 bits per heavy atom. The molecule has 3 nitrogen and oxygen atoms in total. The molecule has 1 N–H and O–H groups in total. The van der Waals surface area contributed by atoms with Crippen molar-refractivity contribution >= 4 is 12.3 Å². The molecule has 0 aliphatic carbocycles. The van der Waals surface area contributed by atoms with E-state index in [-0.39, 0.29) is 57.8 Å². The van der Waals surface area contributed by atoms with Crippen molar-refractivity contribution in [3.8, 4) is 0 Å². The van der Waals surface area contributed by atoms with Gasteiger partial charge in [0.25, 0.3) is 0 Å². The predicted octanol–water partition coefficient (Wildman–Crippen LogP) is -0.839. The summed E-state index contributed by atoms with van der Waals surface area (Å²) in [6.45, 7) is 3.72. The van der Waals surface area contributed by atoms with E-state index in [4.69, 9.17) is 5.11 Å². The molecule has 0 amide bonds. The summed E-state index contributed by atoms with van der Waals surface area (Å²) in [4.78, 5) is 18.9. The van der Waals surface area contributed by atoms with Crippen molar-refractivity contribution in [1.29, 1.82) is 0 Å². The molecule has 0 radical (unpaired) electrons. The van der Waals surface area contributed by atoms with E-state index in [0.717, 1.165) is 12.8 Å². The van der Waals surface area contributed by atoms with Crippen LogP contribution >= 0.6 is 0 Å². The Kier molecular flexibility index (Phi) is 27.6. The molecule has 0 saturated carbocycles. The zero-order valence-electron chi connectivity index (χ0n) is 8.80. The second kappa shape index (κ2) is 18.5. The van der Waals surface area contributed by atoms with Crippen LogP contribution in [0.25, 0.3) is 0 Å². The third-order valence-electron chi connectivity index (χ3n) is 1.18. The minimum Gasteiger partial charge on any atom is -0.542 e. The van der Waals surface area contributed by atoms with Crippen LogP contribution in [0.2, 0.25) is 0 Å². The van der Waals surface area contributed by atoms with Crippen molar-refractivity contribution < 1.29 is 66.1 Å². The van der Waals surface area contributed by atoms with Gasteiger partial charge in [0.05, 0.1) is 0 Å². The fourth-order valence-corrected chi connectivity index (χ4v) is 0.447. The molecule has 0 atom stereocenters. The van der Waals surface area contributed by atoms with Crippen LogP contribution in [-0.4, -0.2) is 17.4 Å². The van der Waals surface area contributed by atoms with Gasteiger partial charge in [-0.2, -0.15) is 6.42 Å². The smallest absolute Gasteiger partial charge is 0.542 e. The van der Waals surface area contributed by atoms with Crippen LogP contribution in [0.1, 0.15) is 46.0 Å². The van der Waals surface area contributed by atoms with E-state index in [1.807, 2.05) is 6.29 Å². The minimum atomic E-state index is -0.745. The third-order valence-corrected chi connectivity index (χ3v) is 1.18. The van der Waals surface area contributed by atoms with Crippen molar-refractivity contribution in [2.45, 2.75) is 46.0 Å². The first kappa shape index (κ1) is 19.4. The second-order valence-electron chi connectivity index (χ2n) is 2.35. The van der Waals surface area contributed by atoms with Gasteiger partial charge >= 0.3 is 57.4 Å². The number of hydrogen-bond donors (Lipinski definition) is 1. The van der Waals surface area contributed by atoms with Crippen LogP contribution in [-0.2, 0) is 9.59 Å². The first-order valence-electron chi connectivity index (χ1n) is 4.25. The summed E-state index contributed by atoms with van der Waals surface area (Å²) in [5.41, 5.74) is 0. The summed E-state index contributed by atoms with van der Waals surface area (Å²) in [5, 5.41) is 7.72. The number of rotatable bonds is 5. The summed E-state index contributed by atoms with van der Waals surface area (Å²) >= 11 is 0. The number of hydrogen-bond acceptors (Lipinski definition) is 2. The average Bonchev–Trinajstić information content (AvgIpc) is 2.07. The van der Waals surface area contributed by atoms with Crippen LogP contribution in [0.3, 0.4) is 0 Å². The third kappa shape index (κ3) is 32.3. The maximum Gasteiger partial charge on any atom is 1.00 e. The average molecular weight is 212 g/mol. The number of carboxylic acid groups (broad SMARTS) is 1. The van der Waals surface area contributed by atoms with Gasteiger partial charge in [0.2, 0.25) is 0 Å². The number of unbranched alkanes of at least 4 members (excludes halogenated alkanes) is 3. The normalized spacial score (nSPS) is 7.54. The molecule has 0 aliphatic rings.